The summed E-state index contributed by atoms with van der Waals surface area (Å²) in [6.45, 7) is 3.70. The van der Waals surface area contributed by atoms with Crippen LogP contribution in [0.15, 0.2) is 18.2 Å². The molecule has 1 aliphatic heterocycles. The summed E-state index contributed by atoms with van der Waals surface area (Å²) in [6, 6.07) is 5.00. The molecule has 1 aliphatic rings. The predicted octanol–water partition coefficient (Wildman–Crippen LogP) is 2.27. The summed E-state index contributed by atoms with van der Waals surface area (Å²) in [5.41, 5.74) is 0.325. The molecule has 1 atom stereocenters. The Morgan fingerprint density at radius 1 is 1.56 bits per heavy atom. The lowest BCUT2D eigenvalue weighted by atomic mass is 10.1. The van der Waals surface area contributed by atoms with Crippen molar-refractivity contribution in [2.45, 2.75) is 19.8 Å². The van der Waals surface area contributed by atoms with Crippen molar-refractivity contribution in [3.05, 3.63) is 23.8 Å². The largest absolute Gasteiger partial charge is 0.504 e. The molecule has 18 heavy (non-hydrogen) atoms. The molecule has 1 unspecified atom stereocenters. The molecule has 1 fully saturated rings. The van der Waals surface area contributed by atoms with Gasteiger partial charge in [-0.25, -0.2) is 0 Å². The molecule has 1 aromatic carbocycles. The van der Waals surface area contributed by atoms with Crippen molar-refractivity contribution in [1.29, 1.82) is 0 Å². The van der Waals surface area contributed by atoms with Crippen LogP contribution in [-0.2, 0) is 0 Å². The molecule has 1 saturated heterocycles. The first kappa shape index (κ1) is 12.7. The van der Waals surface area contributed by atoms with Gasteiger partial charge in [-0.2, -0.15) is 0 Å². The number of nitrogens with zero attached hydrogens (tertiary/aromatic N) is 1. The predicted molar refractivity (Wildman–Crippen MR) is 69.0 cm³/mol. The average molecular weight is 249 g/mol. The van der Waals surface area contributed by atoms with Crippen LogP contribution in [0, 0.1) is 5.92 Å². The number of phenols is 1. The molecule has 1 heterocycles. The number of aromatic hydroxyl groups is 1. The number of carbonyl (C=O) groups excluding carboxylic acids is 1. The van der Waals surface area contributed by atoms with Crippen LogP contribution < -0.4 is 4.74 Å². The van der Waals surface area contributed by atoms with Crippen LogP contribution >= 0.6 is 0 Å². The van der Waals surface area contributed by atoms with E-state index in [1.165, 1.54) is 7.11 Å². The number of likely N-dealkylation sites (tertiary alicyclic amines) is 1. The number of rotatable bonds is 3. The van der Waals surface area contributed by atoms with Gasteiger partial charge in [0.1, 0.15) is 0 Å². The lowest BCUT2D eigenvalue weighted by molar-refractivity contribution is 0.0783. The van der Waals surface area contributed by atoms with Crippen molar-refractivity contribution in [1.82, 2.24) is 4.90 Å². The zero-order chi connectivity index (χ0) is 13.1. The Morgan fingerprint density at radius 2 is 2.33 bits per heavy atom. The van der Waals surface area contributed by atoms with E-state index >= 15 is 0 Å². The lowest BCUT2D eigenvalue weighted by Gasteiger charge is -2.17. The highest BCUT2D eigenvalue weighted by Crippen LogP contribution is 2.31. The number of carbonyl (C=O) groups is 1. The summed E-state index contributed by atoms with van der Waals surface area (Å²) in [6.07, 6.45) is 2.14. The summed E-state index contributed by atoms with van der Waals surface area (Å²) in [7, 11) is 1.48. The first-order chi connectivity index (χ1) is 8.67. The molecule has 4 heteroatoms. The molecule has 0 aliphatic carbocycles. The van der Waals surface area contributed by atoms with Gasteiger partial charge in [0.2, 0.25) is 0 Å². The van der Waals surface area contributed by atoms with Gasteiger partial charge in [0.15, 0.2) is 11.5 Å². The van der Waals surface area contributed by atoms with E-state index in [2.05, 4.69) is 6.92 Å². The minimum absolute atomic E-state index is 0.0649. The fourth-order valence-corrected chi connectivity index (χ4v) is 2.38. The van der Waals surface area contributed by atoms with Gasteiger partial charge in [-0.05, 0) is 24.5 Å². The van der Waals surface area contributed by atoms with E-state index in [-0.39, 0.29) is 11.7 Å². The van der Waals surface area contributed by atoms with Crippen LogP contribution in [0.5, 0.6) is 11.5 Å². The average Bonchev–Trinajstić information content (AvgIpc) is 2.87. The Balaban J connectivity index is 2.19. The number of amides is 1. The van der Waals surface area contributed by atoms with Crippen LogP contribution in [-0.4, -0.2) is 36.1 Å². The van der Waals surface area contributed by atoms with Crippen LogP contribution in [0.1, 0.15) is 30.1 Å². The van der Waals surface area contributed by atoms with Gasteiger partial charge in [0.05, 0.1) is 12.7 Å². The van der Waals surface area contributed by atoms with Gasteiger partial charge < -0.3 is 14.7 Å². The smallest absolute Gasteiger partial charge is 0.257 e. The molecule has 0 bridgehead atoms. The number of phenolic OH excluding ortho intramolecular Hbond substituents is 1. The van der Waals surface area contributed by atoms with E-state index in [0.717, 1.165) is 25.9 Å². The molecule has 0 aromatic heterocycles. The first-order valence-electron chi connectivity index (χ1n) is 6.32. The summed E-state index contributed by atoms with van der Waals surface area (Å²) < 4.78 is 5.02. The minimum Gasteiger partial charge on any atom is -0.504 e. The van der Waals surface area contributed by atoms with Crippen LogP contribution in [0.2, 0.25) is 0 Å². The lowest BCUT2D eigenvalue weighted by Crippen LogP contribution is -2.28. The Hall–Kier alpha value is -1.71. The van der Waals surface area contributed by atoms with Gasteiger partial charge in [-0.1, -0.05) is 19.4 Å². The minimum atomic E-state index is -0.109. The van der Waals surface area contributed by atoms with Crippen molar-refractivity contribution in [3.8, 4) is 11.5 Å². The van der Waals surface area contributed by atoms with Crippen molar-refractivity contribution in [2.75, 3.05) is 20.2 Å². The molecule has 2 rings (SSSR count). The van der Waals surface area contributed by atoms with E-state index in [1.54, 1.807) is 18.2 Å². The monoisotopic (exact) mass is 249 g/mol. The molecular formula is C14H19NO3. The molecule has 1 N–H and O–H groups in total. The van der Waals surface area contributed by atoms with Crippen molar-refractivity contribution in [2.24, 2.45) is 5.92 Å². The van der Waals surface area contributed by atoms with Gasteiger partial charge in [0.25, 0.3) is 5.91 Å². The maximum absolute atomic E-state index is 12.3. The third kappa shape index (κ3) is 2.28. The van der Waals surface area contributed by atoms with E-state index in [9.17, 15) is 9.90 Å². The highest BCUT2D eigenvalue weighted by molar-refractivity contribution is 5.97. The normalized spacial score (nSPS) is 19.0. The van der Waals surface area contributed by atoms with Crippen molar-refractivity contribution >= 4 is 5.91 Å². The summed E-state index contributed by atoms with van der Waals surface area (Å²) >= 11 is 0. The fraction of sp³-hybridized carbons (Fsp3) is 0.500. The molecule has 4 nitrogen and oxygen atoms in total. The molecular weight excluding hydrogens is 230 g/mol. The number of hydrogen-bond acceptors (Lipinski definition) is 3. The Kier molecular flexibility index (Phi) is 3.75. The Bertz CT molecular complexity index is 445. The summed E-state index contributed by atoms with van der Waals surface area (Å²) in [5, 5.41) is 9.97. The highest BCUT2D eigenvalue weighted by Gasteiger charge is 2.27. The zero-order valence-corrected chi connectivity index (χ0v) is 10.8. The first-order valence-corrected chi connectivity index (χ1v) is 6.32. The third-order valence-corrected chi connectivity index (χ3v) is 3.60. The van der Waals surface area contributed by atoms with E-state index in [0.29, 0.717) is 17.2 Å². The topological polar surface area (TPSA) is 49.8 Å². The standard InChI is InChI=1S/C14H19NO3/c1-3-10-7-8-15(9-10)14(17)11-5-4-6-12(18-2)13(11)16/h4-6,10,16H,3,7-9H2,1-2H3. The molecule has 0 spiro atoms. The maximum Gasteiger partial charge on any atom is 0.257 e. The van der Waals surface area contributed by atoms with Crippen molar-refractivity contribution < 1.29 is 14.6 Å². The van der Waals surface area contributed by atoms with Crippen LogP contribution in [0.25, 0.3) is 0 Å². The Morgan fingerprint density at radius 3 is 2.94 bits per heavy atom. The molecule has 1 aromatic rings. The molecule has 0 saturated carbocycles. The van der Waals surface area contributed by atoms with E-state index < -0.39 is 0 Å². The molecule has 98 valence electrons. The number of para-hydroxylation sites is 1. The van der Waals surface area contributed by atoms with Crippen LogP contribution in [0.4, 0.5) is 0 Å². The molecule has 0 radical (unpaired) electrons. The zero-order valence-electron chi connectivity index (χ0n) is 10.8. The van der Waals surface area contributed by atoms with Crippen LogP contribution in [0.3, 0.4) is 0 Å². The molecule has 1 amide bonds. The second kappa shape index (κ2) is 5.29. The highest BCUT2D eigenvalue weighted by atomic mass is 16.5. The van der Waals surface area contributed by atoms with Gasteiger partial charge in [0, 0.05) is 13.1 Å². The maximum atomic E-state index is 12.3. The number of methoxy groups -OCH3 is 1. The third-order valence-electron chi connectivity index (χ3n) is 3.60. The van der Waals surface area contributed by atoms with Gasteiger partial charge in [-0.3, -0.25) is 4.79 Å². The van der Waals surface area contributed by atoms with Gasteiger partial charge >= 0.3 is 0 Å². The fourth-order valence-electron chi connectivity index (χ4n) is 2.38. The number of ether oxygens (including phenoxy) is 1. The quantitative estimate of drug-likeness (QED) is 0.894. The number of hydrogen-bond donors (Lipinski definition) is 1. The van der Waals surface area contributed by atoms with Gasteiger partial charge in [-0.15, -0.1) is 0 Å². The van der Waals surface area contributed by atoms with E-state index in [4.69, 9.17) is 4.74 Å². The summed E-state index contributed by atoms with van der Waals surface area (Å²) in [5.74, 6) is 0.751. The summed E-state index contributed by atoms with van der Waals surface area (Å²) in [4.78, 5) is 14.1. The Labute approximate surface area is 107 Å². The number of benzene rings is 1. The second-order valence-electron chi connectivity index (χ2n) is 4.67. The SMILES string of the molecule is CCC1CCN(C(=O)c2cccc(OC)c2O)C1. The second-order valence-corrected chi connectivity index (χ2v) is 4.67. The van der Waals surface area contributed by atoms with Crippen molar-refractivity contribution in [3.63, 3.8) is 0 Å². The van der Waals surface area contributed by atoms with E-state index in [1.807, 2.05) is 4.90 Å².